The van der Waals surface area contributed by atoms with Crippen LogP contribution in [0.5, 0.6) is 0 Å². The van der Waals surface area contributed by atoms with Crippen LogP contribution >= 0.6 is 0 Å². The predicted molar refractivity (Wildman–Crippen MR) is 76.9 cm³/mol. The zero-order chi connectivity index (χ0) is 15.1. The summed E-state index contributed by atoms with van der Waals surface area (Å²) in [6.45, 7) is 2.81. The second kappa shape index (κ2) is 7.81. The van der Waals surface area contributed by atoms with E-state index < -0.39 is 0 Å². The zero-order valence-electron chi connectivity index (χ0n) is 12.3. The molecule has 21 heavy (non-hydrogen) atoms. The topological polar surface area (TPSA) is 78.3 Å². The number of rotatable bonds is 6. The maximum Gasteiger partial charge on any atom is 0.255 e. The molecule has 0 bridgehead atoms. The Bertz CT molecular complexity index is 499. The van der Waals surface area contributed by atoms with E-state index in [1.54, 1.807) is 19.4 Å². The highest BCUT2D eigenvalue weighted by Crippen LogP contribution is 2.17. The van der Waals surface area contributed by atoms with Crippen molar-refractivity contribution in [1.82, 2.24) is 9.88 Å². The summed E-state index contributed by atoms with van der Waals surface area (Å²) in [5, 5.41) is 8.77. The average Bonchev–Trinajstić information content (AvgIpc) is 3.00. The van der Waals surface area contributed by atoms with Crippen molar-refractivity contribution in [2.75, 3.05) is 33.4 Å². The summed E-state index contributed by atoms with van der Waals surface area (Å²) < 4.78 is 10.8. The van der Waals surface area contributed by atoms with Gasteiger partial charge in [0.2, 0.25) is 0 Å². The zero-order valence-corrected chi connectivity index (χ0v) is 12.3. The van der Waals surface area contributed by atoms with E-state index in [0.29, 0.717) is 37.6 Å². The molecule has 1 aromatic rings. The van der Waals surface area contributed by atoms with Crippen molar-refractivity contribution in [3.8, 4) is 6.07 Å². The molecule has 1 N–H and O–H groups in total. The molecule has 0 atom stereocenters. The molecule has 6 nitrogen and oxygen atoms in total. The van der Waals surface area contributed by atoms with Gasteiger partial charge in [0.05, 0.1) is 11.7 Å². The average molecular weight is 291 g/mol. The largest absolute Gasteiger partial charge is 0.385 e. The molecule has 2 rings (SSSR count). The Labute approximate surface area is 124 Å². The maximum absolute atomic E-state index is 12.3. The first-order chi connectivity index (χ1) is 10.2. The van der Waals surface area contributed by atoms with Gasteiger partial charge in [-0.15, -0.1) is 0 Å². The first-order valence-electron chi connectivity index (χ1n) is 7.23. The first-order valence-corrected chi connectivity index (χ1v) is 7.23. The Hall–Kier alpha value is -1.84. The number of nitrogens with one attached hydrogen (secondary N) is 1. The van der Waals surface area contributed by atoms with Gasteiger partial charge in [-0.05, 0) is 25.3 Å². The van der Waals surface area contributed by atoms with E-state index in [9.17, 15) is 4.79 Å². The first kappa shape index (κ1) is 15.5. The Kier molecular flexibility index (Phi) is 5.78. The predicted octanol–water partition coefficient (Wildman–Crippen LogP) is 1.54. The van der Waals surface area contributed by atoms with E-state index in [1.165, 1.54) is 0 Å². The van der Waals surface area contributed by atoms with Crippen molar-refractivity contribution in [3.05, 3.63) is 23.5 Å². The molecule has 114 valence electrons. The minimum atomic E-state index is -0.0226. The molecule has 2 heterocycles. The molecule has 1 saturated heterocycles. The van der Waals surface area contributed by atoms with Gasteiger partial charge in [-0.3, -0.25) is 4.79 Å². The number of ether oxygens (including phenoxy) is 2. The fourth-order valence-electron chi connectivity index (χ4n) is 2.44. The van der Waals surface area contributed by atoms with Gasteiger partial charge in [-0.25, -0.2) is 0 Å². The number of nitriles is 1. The number of likely N-dealkylation sites (tertiary alicyclic amines) is 1. The van der Waals surface area contributed by atoms with Crippen LogP contribution in [-0.2, 0) is 9.47 Å². The molecule has 1 aliphatic rings. The molecular weight excluding hydrogens is 270 g/mol. The maximum atomic E-state index is 12.3. The highest BCUT2D eigenvalue weighted by atomic mass is 16.5. The smallest absolute Gasteiger partial charge is 0.255 e. The molecule has 0 unspecified atom stereocenters. The molecule has 0 aromatic carbocycles. The van der Waals surface area contributed by atoms with Gasteiger partial charge in [-0.1, -0.05) is 0 Å². The molecule has 6 heteroatoms. The molecule has 1 fully saturated rings. The number of carbonyl (C=O) groups excluding carboxylic acids is 1. The summed E-state index contributed by atoms with van der Waals surface area (Å²) in [5.41, 5.74) is 0.959. The minimum Gasteiger partial charge on any atom is -0.385 e. The second-order valence-corrected chi connectivity index (χ2v) is 5.12. The number of methoxy groups -OCH3 is 1. The Morgan fingerprint density at radius 1 is 1.48 bits per heavy atom. The SMILES string of the molecule is COCCCOC1CCN(C(=O)c2c[nH]c(C#N)c2)CC1. The van der Waals surface area contributed by atoms with E-state index in [-0.39, 0.29) is 12.0 Å². The molecule has 0 spiro atoms. The van der Waals surface area contributed by atoms with Crippen LogP contribution in [0.15, 0.2) is 12.3 Å². The number of hydrogen-bond donors (Lipinski definition) is 1. The number of piperidine rings is 1. The third-order valence-electron chi connectivity index (χ3n) is 3.63. The van der Waals surface area contributed by atoms with Crippen molar-refractivity contribution >= 4 is 5.91 Å². The molecule has 1 amide bonds. The standard InChI is InChI=1S/C15H21N3O3/c1-20-7-2-8-21-14-3-5-18(6-4-14)15(19)12-9-13(10-16)17-11-12/h9,11,14,17H,2-8H2,1H3. The Balaban J connectivity index is 1.75. The van der Waals surface area contributed by atoms with Crippen LogP contribution in [0.25, 0.3) is 0 Å². The number of amides is 1. The Morgan fingerprint density at radius 3 is 2.86 bits per heavy atom. The third kappa shape index (κ3) is 4.31. The monoisotopic (exact) mass is 291 g/mol. The van der Waals surface area contributed by atoms with Crippen LogP contribution in [0, 0.1) is 11.3 Å². The van der Waals surface area contributed by atoms with Crippen LogP contribution in [0.1, 0.15) is 35.3 Å². The molecular formula is C15H21N3O3. The lowest BCUT2D eigenvalue weighted by molar-refractivity contribution is 0.00189. The van der Waals surface area contributed by atoms with Crippen molar-refractivity contribution < 1.29 is 14.3 Å². The lowest BCUT2D eigenvalue weighted by atomic mass is 10.1. The minimum absolute atomic E-state index is 0.0226. The van der Waals surface area contributed by atoms with Gasteiger partial charge >= 0.3 is 0 Å². The quantitative estimate of drug-likeness (QED) is 0.806. The molecule has 0 aliphatic carbocycles. The summed E-state index contributed by atoms with van der Waals surface area (Å²) in [6.07, 6.45) is 4.43. The molecule has 0 saturated carbocycles. The number of aromatic nitrogens is 1. The fraction of sp³-hybridized carbons (Fsp3) is 0.600. The van der Waals surface area contributed by atoms with Crippen LogP contribution in [0.2, 0.25) is 0 Å². The van der Waals surface area contributed by atoms with E-state index >= 15 is 0 Å². The summed E-state index contributed by atoms with van der Waals surface area (Å²) in [6, 6.07) is 3.58. The van der Waals surface area contributed by atoms with Gasteiger partial charge in [0.1, 0.15) is 11.8 Å². The molecule has 1 aromatic heterocycles. The second-order valence-electron chi connectivity index (χ2n) is 5.12. The lowest BCUT2D eigenvalue weighted by Crippen LogP contribution is -2.40. The normalized spacial score (nSPS) is 15.9. The van der Waals surface area contributed by atoms with Gasteiger partial charge in [0.15, 0.2) is 0 Å². The number of hydrogen-bond acceptors (Lipinski definition) is 4. The van der Waals surface area contributed by atoms with Gasteiger partial charge in [-0.2, -0.15) is 5.26 Å². The third-order valence-corrected chi connectivity index (χ3v) is 3.63. The molecule has 0 radical (unpaired) electrons. The van der Waals surface area contributed by atoms with Crippen LogP contribution in [0.3, 0.4) is 0 Å². The number of aromatic amines is 1. The van der Waals surface area contributed by atoms with Crippen LogP contribution < -0.4 is 0 Å². The highest BCUT2D eigenvalue weighted by Gasteiger charge is 2.24. The summed E-state index contributed by atoms with van der Waals surface area (Å²) in [4.78, 5) is 16.9. The fourth-order valence-corrected chi connectivity index (χ4v) is 2.44. The highest BCUT2D eigenvalue weighted by molar-refractivity contribution is 5.94. The van der Waals surface area contributed by atoms with E-state index in [1.807, 2.05) is 11.0 Å². The van der Waals surface area contributed by atoms with Crippen molar-refractivity contribution in [2.24, 2.45) is 0 Å². The van der Waals surface area contributed by atoms with Crippen LogP contribution in [0.4, 0.5) is 0 Å². The van der Waals surface area contributed by atoms with Crippen molar-refractivity contribution in [1.29, 1.82) is 5.26 Å². The number of carbonyl (C=O) groups is 1. The van der Waals surface area contributed by atoms with E-state index in [2.05, 4.69) is 4.98 Å². The van der Waals surface area contributed by atoms with E-state index in [4.69, 9.17) is 14.7 Å². The Morgan fingerprint density at radius 2 is 2.24 bits per heavy atom. The molecule has 1 aliphatic heterocycles. The summed E-state index contributed by atoms with van der Waals surface area (Å²) in [7, 11) is 1.68. The van der Waals surface area contributed by atoms with Crippen molar-refractivity contribution in [3.63, 3.8) is 0 Å². The summed E-state index contributed by atoms with van der Waals surface area (Å²) >= 11 is 0. The van der Waals surface area contributed by atoms with Gasteiger partial charge < -0.3 is 19.4 Å². The van der Waals surface area contributed by atoms with Crippen LogP contribution in [-0.4, -0.2) is 55.3 Å². The van der Waals surface area contributed by atoms with Gasteiger partial charge in [0, 0.05) is 39.6 Å². The van der Waals surface area contributed by atoms with Crippen molar-refractivity contribution in [2.45, 2.75) is 25.4 Å². The summed E-state index contributed by atoms with van der Waals surface area (Å²) in [5.74, 6) is -0.0226. The lowest BCUT2D eigenvalue weighted by Gasteiger charge is -2.31. The number of nitrogens with zero attached hydrogens (tertiary/aromatic N) is 2. The van der Waals surface area contributed by atoms with E-state index in [0.717, 1.165) is 19.3 Å². The van der Waals surface area contributed by atoms with Gasteiger partial charge in [0.25, 0.3) is 5.91 Å². The number of H-pyrrole nitrogens is 1.